The Morgan fingerprint density at radius 3 is 1.67 bits per heavy atom. The Morgan fingerprint density at radius 2 is 1.42 bits per heavy atom. The van der Waals surface area contributed by atoms with Gasteiger partial charge in [-0.1, -0.05) is 55.4 Å². The van der Waals surface area contributed by atoms with E-state index in [9.17, 15) is 0 Å². The summed E-state index contributed by atoms with van der Waals surface area (Å²) >= 11 is 27.6. The first kappa shape index (κ1) is 13.8. The number of hydrogen-bond acceptors (Lipinski definition) is 2. The molecule has 0 unspecified atom stereocenters. The summed E-state index contributed by atoms with van der Waals surface area (Å²) in [6.45, 7) is 3.52. The van der Waals surface area contributed by atoms with Crippen LogP contribution in [0.4, 0.5) is 0 Å². The van der Waals surface area contributed by atoms with Crippen LogP contribution in [-0.2, 0) is 8.54 Å². The SMILES string of the molecule is CC(C)O[Si](Cl)(Cl)O[Si](Cl)(Cl)Cl. The molecule has 0 atom stereocenters. The number of halogens is 5. The van der Waals surface area contributed by atoms with E-state index in [4.69, 9.17) is 63.9 Å². The van der Waals surface area contributed by atoms with Crippen molar-refractivity contribution < 1.29 is 8.54 Å². The van der Waals surface area contributed by atoms with Crippen molar-refractivity contribution in [3.63, 3.8) is 0 Å². The molecule has 0 aliphatic rings. The second kappa shape index (κ2) is 5.05. The van der Waals surface area contributed by atoms with Crippen molar-refractivity contribution in [2.24, 2.45) is 0 Å². The van der Waals surface area contributed by atoms with Crippen LogP contribution >= 0.6 is 55.4 Å². The predicted molar refractivity (Wildman–Crippen MR) is 58.1 cm³/mol. The molecule has 0 saturated heterocycles. The maximum Gasteiger partial charge on any atom is 0.543 e. The topological polar surface area (TPSA) is 18.5 Å². The van der Waals surface area contributed by atoms with Crippen LogP contribution in [0.5, 0.6) is 0 Å². The molecule has 0 aromatic heterocycles. The summed E-state index contributed by atoms with van der Waals surface area (Å²) in [6.07, 6.45) is -3.43. The Labute approximate surface area is 96.9 Å². The Morgan fingerprint density at radius 1 is 1.00 bits per heavy atom. The quantitative estimate of drug-likeness (QED) is 0.584. The molecule has 0 radical (unpaired) electrons. The van der Waals surface area contributed by atoms with Gasteiger partial charge in [0.25, 0.3) is 0 Å². The highest BCUT2D eigenvalue weighted by Crippen LogP contribution is 2.31. The normalized spacial score (nSPS) is 14.0. The summed E-state index contributed by atoms with van der Waals surface area (Å²) in [5.41, 5.74) is 0. The molecule has 0 spiro atoms. The molecule has 0 N–H and O–H groups in total. The van der Waals surface area contributed by atoms with E-state index in [0.29, 0.717) is 0 Å². The zero-order valence-electron chi connectivity index (χ0n) is 6.28. The van der Waals surface area contributed by atoms with Gasteiger partial charge in [-0.2, -0.15) is 0 Å². The van der Waals surface area contributed by atoms with Gasteiger partial charge in [0.2, 0.25) is 0 Å². The van der Waals surface area contributed by atoms with Crippen molar-refractivity contribution in [3.8, 4) is 0 Å². The summed E-state index contributed by atoms with van der Waals surface area (Å²) in [6, 6.07) is 0. The van der Waals surface area contributed by atoms with Crippen LogP contribution in [0.25, 0.3) is 0 Å². The van der Waals surface area contributed by atoms with Gasteiger partial charge in [0.1, 0.15) is 0 Å². The van der Waals surface area contributed by atoms with E-state index in [0.717, 1.165) is 0 Å². The van der Waals surface area contributed by atoms with Gasteiger partial charge in [-0.05, 0) is 13.8 Å². The summed E-state index contributed by atoms with van der Waals surface area (Å²) in [5.74, 6) is 0. The van der Waals surface area contributed by atoms with Crippen molar-refractivity contribution in [2.75, 3.05) is 0 Å². The van der Waals surface area contributed by atoms with Crippen LogP contribution < -0.4 is 0 Å². The first-order chi connectivity index (χ1) is 5.12. The lowest BCUT2D eigenvalue weighted by atomic mass is 10.5. The van der Waals surface area contributed by atoms with E-state index >= 15 is 0 Å². The fourth-order valence-corrected chi connectivity index (χ4v) is 10.5. The summed E-state index contributed by atoms with van der Waals surface area (Å²) in [4.78, 5) is 0. The van der Waals surface area contributed by atoms with Crippen LogP contribution in [0.2, 0.25) is 0 Å². The van der Waals surface area contributed by atoms with E-state index in [1.54, 1.807) is 13.8 Å². The Bertz CT molecular complexity index is 146. The van der Waals surface area contributed by atoms with Crippen LogP contribution in [0.15, 0.2) is 0 Å². The van der Waals surface area contributed by atoms with Crippen molar-refractivity contribution in [3.05, 3.63) is 0 Å². The number of rotatable bonds is 4. The molecule has 12 heavy (non-hydrogen) atoms. The highest BCUT2D eigenvalue weighted by molar-refractivity contribution is 7.64. The summed E-state index contributed by atoms with van der Waals surface area (Å²) in [7, 11) is -3.29. The molecule has 0 rings (SSSR count). The van der Waals surface area contributed by atoms with Crippen molar-refractivity contribution >= 4 is 68.8 Å². The zero-order chi connectivity index (χ0) is 9.99. The van der Waals surface area contributed by atoms with E-state index in [1.807, 2.05) is 0 Å². The highest BCUT2D eigenvalue weighted by atomic mass is 35.8. The van der Waals surface area contributed by atoms with Crippen molar-refractivity contribution in [1.82, 2.24) is 0 Å². The molecule has 2 nitrogen and oxygen atoms in total. The van der Waals surface area contributed by atoms with Crippen molar-refractivity contribution in [1.29, 1.82) is 0 Å². The van der Waals surface area contributed by atoms with Gasteiger partial charge < -0.3 is 8.54 Å². The summed E-state index contributed by atoms with van der Waals surface area (Å²) < 4.78 is 9.86. The molecule has 0 aliphatic carbocycles. The van der Waals surface area contributed by atoms with Gasteiger partial charge in [0.05, 0.1) is 0 Å². The third-order valence-corrected chi connectivity index (χ3v) is 7.24. The Hall–Kier alpha value is 1.80. The van der Waals surface area contributed by atoms with Crippen LogP contribution in [0, 0.1) is 0 Å². The third kappa shape index (κ3) is 8.40. The monoisotopic (exact) mass is 306 g/mol. The molecule has 74 valence electrons. The maximum absolute atomic E-state index is 5.66. The molecule has 0 aromatic rings. The van der Waals surface area contributed by atoms with Crippen molar-refractivity contribution in [2.45, 2.75) is 20.0 Å². The second-order valence-electron chi connectivity index (χ2n) is 2.18. The van der Waals surface area contributed by atoms with E-state index in [2.05, 4.69) is 0 Å². The Balaban J connectivity index is 4.04. The molecule has 9 heteroatoms. The molecule has 0 fully saturated rings. The molecular weight excluding hydrogens is 301 g/mol. The van der Waals surface area contributed by atoms with Gasteiger partial charge in [0, 0.05) is 6.10 Å². The lowest BCUT2D eigenvalue weighted by Gasteiger charge is -2.22. The lowest BCUT2D eigenvalue weighted by molar-refractivity contribution is 0.211. The largest absolute Gasteiger partial charge is 0.543 e. The standard InChI is InChI=1S/C3H7Cl5O2Si2/c1-3(2)9-12(7,8)10-11(4,5)6/h3H,1-2H3. The minimum atomic E-state index is -3.29. The predicted octanol–water partition coefficient (Wildman–Crippen LogP) is 3.49. The van der Waals surface area contributed by atoms with Crippen LogP contribution in [0.1, 0.15) is 13.8 Å². The minimum absolute atomic E-state index is 0.159. The molecule has 0 saturated carbocycles. The average molecular weight is 309 g/mol. The summed E-state index contributed by atoms with van der Waals surface area (Å²) in [5, 5.41) is 0. The van der Waals surface area contributed by atoms with Gasteiger partial charge >= 0.3 is 13.4 Å². The Kier molecular flexibility index (Phi) is 5.80. The smallest absolute Gasteiger partial charge is 0.377 e. The van der Waals surface area contributed by atoms with Gasteiger partial charge in [-0.3, -0.25) is 0 Å². The van der Waals surface area contributed by atoms with E-state index in [-0.39, 0.29) is 6.10 Å². The second-order valence-corrected chi connectivity index (χ2v) is 15.1. The van der Waals surface area contributed by atoms with Crippen LogP contribution in [0.3, 0.4) is 0 Å². The molecule has 0 aromatic carbocycles. The van der Waals surface area contributed by atoms with Crippen LogP contribution in [-0.4, -0.2) is 19.5 Å². The fourth-order valence-electron chi connectivity index (χ4n) is 0.433. The highest BCUT2D eigenvalue weighted by Gasteiger charge is 2.45. The number of hydrogen-bond donors (Lipinski definition) is 0. The third-order valence-electron chi connectivity index (χ3n) is 0.607. The van der Waals surface area contributed by atoms with E-state index in [1.165, 1.54) is 0 Å². The van der Waals surface area contributed by atoms with E-state index < -0.39 is 13.4 Å². The average Bonchev–Trinajstić information content (AvgIpc) is 1.48. The minimum Gasteiger partial charge on any atom is -0.377 e. The molecule has 0 amide bonds. The molecule has 0 heterocycles. The lowest BCUT2D eigenvalue weighted by Crippen LogP contribution is -2.39. The maximum atomic E-state index is 5.66. The van der Waals surface area contributed by atoms with Gasteiger partial charge in [0.15, 0.2) is 0 Å². The first-order valence-corrected chi connectivity index (χ1v) is 11.7. The fraction of sp³-hybridized carbons (Fsp3) is 1.00. The van der Waals surface area contributed by atoms with Gasteiger partial charge in [-0.25, -0.2) is 0 Å². The zero-order valence-corrected chi connectivity index (χ0v) is 12.1. The molecule has 0 bridgehead atoms. The molecule has 0 aliphatic heterocycles. The first-order valence-electron chi connectivity index (χ1n) is 2.95. The molecular formula is C3H7Cl5O2Si2. The van der Waals surface area contributed by atoms with Gasteiger partial charge in [-0.15, -0.1) is 0 Å².